The number of aryl methyl sites for hydroxylation is 1. The lowest BCUT2D eigenvalue weighted by Crippen LogP contribution is -2.00. The summed E-state index contributed by atoms with van der Waals surface area (Å²) in [7, 11) is 0. The molecule has 1 rings (SSSR count). The number of halogens is 1. The second kappa shape index (κ2) is 3.91. The number of ketones is 1. The lowest BCUT2D eigenvalue weighted by molar-refractivity contribution is -0.119. The summed E-state index contributed by atoms with van der Waals surface area (Å²) >= 11 is 0. The highest BCUT2D eigenvalue weighted by molar-refractivity contribution is 5.79. The van der Waals surface area contributed by atoms with Crippen LogP contribution in [0, 0.1) is 0 Å². The molecule has 0 aliphatic rings. The number of carbonyl (C=O) groups excluding carboxylic acids is 1. The molecular weight excluding hydrogens is 147 g/mol. The van der Waals surface area contributed by atoms with Crippen LogP contribution in [0.4, 0.5) is 4.39 Å². The van der Waals surface area contributed by atoms with Crippen molar-refractivity contribution in [3.05, 3.63) is 24.2 Å². The summed E-state index contributed by atoms with van der Waals surface area (Å²) in [6, 6.07) is 3.51. The molecule has 3 heteroatoms. The molecule has 0 atom stereocenters. The largest absolute Gasteiger partial charge is 0.469 e. The number of hydrogen-bond acceptors (Lipinski definition) is 2. The number of rotatable bonds is 4. The van der Waals surface area contributed by atoms with Crippen molar-refractivity contribution in [1.29, 1.82) is 0 Å². The number of carbonyl (C=O) groups is 1. The fraction of sp³-hybridized carbons (Fsp3) is 0.375. The SMILES string of the molecule is O=C(CF)CCc1ccco1. The zero-order valence-corrected chi connectivity index (χ0v) is 6.05. The summed E-state index contributed by atoms with van der Waals surface area (Å²) in [6.45, 7) is -0.874. The Morgan fingerprint density at radius 3 is 3.00 bits per heavy atom. The van der Waals surface area contributed by atoms with E-state index in [9.17, 15) is 9.18 Å². The van der Waals surface area contributed by atoms with Crippen LogP contribution in [0.1, 0.15) is 12.2 Å². The Hall–Kier alpha value is -1.12. The summed E-state index contributed by atoms with van der Waals surface area (Å²) in [6.07, 6.45) is 2.26. The van der Waals surface area contributed by atoms with Crippen molar-refractivity contribution in [1.82, 2.24) is 0 Å². The highest BCUT2D eigenvalue weighted by Crippen LogP contribution is 2.03. The van der Waals surface area contributed by atoms with Gasteiger partial charge in [0.25, 0.3) is 0 Å². The van der Waals surface area contributed by atoms with Crippen LogP contribution < -0.4 is 0 Å². The van der Waals surface area contributed by atoms with E-state index in [4.69, 9.17) is 4.42 Å². The first-order chi connectivity index (χ1) is 5.33. The molecule has 0 bridgehead atoms. The Labute approximate surface area is 64.0 Å². The first kappa shape index (κ1) is 7.98. The van der Waals surface area contributed by atoms with E-state index in [0.717, 1.165) is 5.76 Å². The van der Waals surface area contributed by atoms with E-state index < -0.39 is 6.67 Å². The third-order valence-electron chi connectivity index (χ3n) is 1.38. The fourth-order valence-electron chi connectivity index (χ4n) is 0.784. The van der Waals surface area contributed by atoms with E-state index in [-0.39, 0.29) is 12.2 Å². The van der Waals surface area contributed by atoms with Gasteiger partial charge < -0.3 is 4.42 Å². The number of furan rings is 1. The maximum absolute atomic E-state index is 11.6. The Bertz CT molecular complexity index is 216. The molecule has 0 aliphatic heterocycles. The minimum absolute atomic E-state index is 0.226. The topological polar surface area (TPSA) is 30.2 Å². The third-order valence-corrected chi connectivity index (χ3v) is 1.38. The van der Waals surface area contributed by atoms with Gasteiger partial charge in [0.1, 0.15) is 12.4 Å². The lowest BCUT2D eigenvalue weighted by atomic mass is 10.2. The van der Waals surface area contributed by atoms with Gasteiger partial charge in [0, 0.05) is 12.8 Å². The van der Waals surface area contributed by atoms with Gasteiger partial charge in [-0.2, -0.15) is 0 Å². The monoisotopic (exact) mass is 156 g/mol. The van der Waals surface area contributed by atoms with Crippen molar-refractivity contribution >= 4 is 5.78 Å². The van der Waals surface area contributed by atoms with Crippen molar-refractivity contribution in [3.8, 4) is 0 Å². The quantitative estimate of drug-likeness (QED) is 0.664. The Balaban J connectivity index is 2.29. The molecule has 0 saturated heterocycles. The molecule has 0 aliphatic carbocycles. The van der Waals surface area contributed by atoms with Crippen molar-refractivity contribution in [2.75, 3.05) is 6.67 Å². The van der Waals surface area contributed by atoms with Crippen molar-refractivity contribution in [2.45, 2.75) is 12.8 Å². The molecule has 0 N–H and O–H groups in total. The molecule has 1 heterocycles. The van der Waals surface area contributed by atoms with Crippen LogP contribution in [0.3, 0.4) is 0 Å². The molecule has 0 spiro atoms. The van der Waals surface area contributed by atoms with E-state index in [1.54, 1.807) is 12.1 Å². The van der Waals surface area contributed by atoms with Gasteiger partial charge in [-0.05, 0) is 12.1 Å². The third kappa shape index (κ3) is 2.53. The zero-order valence-electron chi connectivity index (χ0n) is 6.05. The van der Waals surface area contributed by atoms with Gasteiger partial charge >= 0.3 is 0 Å². The van der Waals surface area contributed by atoms with E-state index >= 15 is 0 Å². The van der Waals surface area contributed by atoms with Gasteiger partial charge in [0.15, 0.2) is 5.78 Å². The average molecular weight is 156 g/mol. The van der Waals surface area contributed by atoms with Crippen LogP contribution in [0.25, 0.3) is 0 Å². The predicted octanol–water partition coefficient (Wildman–Crippen LogP) is 1.75. The van der Waals surface area contributed by atoms with E-state index in [1.165, 1.54) is 6.26 Å². The van der Waals surface area contributed by atoms with Gasteiger partial charge in [0.05, 0.1) is 6.26 Å². The highest BCUT2D eigenvalue weighted by Gasteiger charge is 2.02. The predicted molar refractivity (Wildman–Crippen MR) is 38.0 cm³/mol. The first-order valence-electron chi connectivity index (χ1n) is 3.43. The molecular formula is C8H9FO2. The summed E-state index contributed by atoms with van der Waals surface area (Å²) in [5.74, 6) is 0.355. The molecule has 0 saturated carbocycles. The zero-order chi connectivity index (χ0) is 8.10. The molecule has 0 radical (unpaired) electrons. The molecule has 0 amide bonds. The fourth-order valence-corrected chi connectivity index (χ4v) is 0.784. The summed E-state index contributed by atoms with van der Waals surface area (Å²) < 4.78 is 16.6. The molecule has 60 valence electrons. The Morgan fingerprint density at radius 1 is 1.64 bits per heavy atom. The van der Waals surface area contributed by atoms with Gasteiger partial charge in [0.2, 0.25) is 0 Å². The molecule has 1 aromatic rings. The average Bonchev–Trinajstić information content (AvgIpc) is 2.52. The van der Waals surface area contributed by atoms with Crippen LogP contribution >= 0.6 is 0 Å². The molecule has 0 unspecified atom stereocenters. The number of Topliss-reactive ketones (excluding diaryl/α,β-unsaturated/α-hetero) is 1. The lowest BCUT2D eigenvalue weighted by Gasteiger charge is -1.92. The van der Waals surface area contributed by atoms with Gasteiger partial charge in [-0.3, -0.25) is 4.79 Å². The van der Waals surface area contributed by atoms with Crippen LogP contribution in [0.15, 0.2) is 22.8 Å². The Kier molecular flexibility index (Phi) is 2.83. The van der Waals surface area contributed by atoms with E-state index in [1.807, 2.05) is 0 Å². The smallest absolute Gasteiger partial charge is 0.164 e. The first-order valence-corrected chi connectivity index (χ1v) is 3.43. The highest BCUT2D eigenvalue weighted by atomic mass is 19.1. The standard InChI is InChI=1S/C8H9FO2/c9-6-7(10)3-4-8-2-1-5-11-8/h1-2,5H,3-4,6H2. The Morgan fingerprint density at radius 2 is 2.45 bits per heavy atom. The van der Waals surface area contributed by atoms with Crippen molar-refractivity contribution in [3.63, 3.8) is 0 Å². The molecule has 2 nitrogen and oxygen atoms in total. The van der Waals surface area contributed by atoms with Crippen LogP contribution in [0.5, 0.6) is 0 Å². The summed E-state index contributed by atoms with van der Waals surface area (Å²) in [4.78, 5) is 10.5. The minimum atomic E-state index is -0.874. The molecule has 0 aromatic carbocycles. The molecule has 11 heavy (non-hydrogen) atoms. The van der Waals surface area contributed by atoms with Crippen molar-refractivity contribution in [2.24, 2.45) is 0 Å². The van der Waals surface area contributed by atoms with Gasteiger partial charge in [-0.25, -0.2) is 4.39 Å². The van der Waals surface area contributed by atoms with Gasteiger partial charge in [-0.15, -0.1) is 0 Å². The maximum atomic E-state index is 11.6. The maximum Gasteiger partial charge on any atom is 0.164 e. The van der Waals surface area contributed by atoms with Crippen LogP contribution in [-0.4, -0.2) is 12.5 Å². The van der Waals surface area contributed by atoms with Gasteiger partial charge in [-0.1, -0.05) is 0 Å². The van der Waals surface area contributed by atoms with E-state index in [0.29, 0.717) is 6.42 Å². The molecule has 0 fully saturated rings. The van der Waals surface area contributed by atoms with Crippen LogP contribution in [-0.2, 0) is 11.2 Å². The van der Waals surface area contributed by atoms with Crippen molar-refractivity contribution < 1.29 is 13.6 Å². The van der Waals surface area contributed by atoms with E-state index in [2.05, 4.69) is 0 Å². The van der Waals surface area contributed by atoms with Crippen LogP contribution in [0.2, 0.25) is 0 Å². The second-order valence-corrected chi connectivity index (χ2v) is 2.25. The summed E-state index contributed by atoms with van der Waals surface area (Å²) in [5.41, 5.74) is 0. The number of hydrogen-bond donors (Lipinski definition) is 0. The normalized spacial score (nSPS) is 9.91. The second-order valence-electron chi connectivity index (χ2n) is 2.25. The number of alkyl halides is 1. The molecule has 1 aromatic heterocycles. The summed E-state index contributed by atoms with van der Waals surface area (Å²) in [5, 5.41) is 0. The minimum Gasteiger partial charge on any atom is -0.469 e.